The van der Waals surface area contributed by atoms with Crippen LogP contribution in [0.5, 0.6) is 0 Å². The minimum atomic E-state index is -0.573. The SMILES string of the molecule is COCC(O)CN(C)c1nc(C(C)(C)C)nc(Cl)c1C. The molecule has 20 heavy (non-hydrogen) atoms. The van der Waals surface area contributed by atoms with Crippen LogP contribution in [0.15, 0.2) is 0 Å². The monoisotopic (exact) mass is 301 g/mol. The summed E-state index contributed by atoms with van der Waals surface area (Å²) in [6, 6.07) is 0. The summed E-state index contributed by atoms with van der Waals surface area (Å²) in [4.78, 5) is 10.8. The van der Waals surface area contributed by atoms with Crippen LogP contribution in [0.25, 0.3) is 0 Å². The molecule has 6 heteroatoms. The van der Waals surface area contributed by atoms with Gasteiger partial charge in [0.15, 0.2) is 0 Å². The zero-order chi connectivity index (χ0) is 15.5. The Balaban J connectivity index is 3.07. The molecule has 0 spiro atoms. The van der Waals surface area contributed by atoms with Crippen molar-refractivity contribution in [3.63, 3.8) is 0 Å². The zero-order valence-electron chi connectivity index (χ0n) is 13.1. The molecule has 1 N–H and O–H groups in total. The Hall–Kier alpha value is -0.910. The predicted molar refractivity (Wildman–Crippen MR) is 81.6 cm³/mol. The van der Waals surface area contributed by atoms with Crippen LogP contribution in [-0.2, 0) is 10.2 Å². The summed E-state index contributed by atoms with van der Waals surface area (Å²) in [6.45, 7) is 8.70. The number of anilines is 1. The zero-order valence-corrected chi connectivity index (χ0v) is 13.8. The van der Waals surface area contributed by atoms with E-state index >= 15 is 0 Å². The Kier molecular flexibility index (Phi) is 5.74. The fraction of sp³-hybridized carbons (Fsp3) is 0.714. The first kappa shape index (κ1) is 17.1. The second-order valence-electron chi connectivity index (χ2n) is 6.03. The number of aliphatic hydroxyl groups excluding tert-OH is 1. The van der Waals surface area contributed by atoms with Gasteiger partial charge in [-0.3, -0.25) is 0 Å². The maximum Gasteiger partial charge on any atom is 0.137 e. The van der Waals surface area contributed by atoms with Gasteiger partial charge in [0.2, 0.25) is 0 Å². The molecule has 1 heterocycles. The summed E-state index contributed by atoms with van der Waals surface area (Å²) >= 11 is 6.20. The number of hydrogen-bond acceptors (Lipinski definition) is 5. The second kappa shape index (κ2) is 6.70. The van der Waals surface area contributed by atoms with E-state index in [0.29, 0.717) is 17.5 Å². The molecular formula is C14H24ClN3O2. The Labute approximate surface area is 125 Å². The molecule has 0 aromatic carbocycles. The molecule has 0 amide bonds. The van der Waals surface area contributed by atoms with Gasteiger partial charge in [-0.2, -0.15) is 0 Å². The highest BCUT2D eigenvalue weighted by atomic mass is 35.5. The number of halogens is 1. The van der Waals surface area contributed by atoms with Gasteiger partial charge in [-0.25, -0.2) is 9.97 Å². The first-order chi connectivity index (χ1) is 9.16. The molecule has 0 saturated carbocycles. The van der Waals surface area contributed by atoms with Crippen molar-refractivity contribution in [2.24, 2.45) is 0 Å². The third-order valence-corrected chi connectivity index (χ3v) is 3.30. The van der Waals surface area contributed by atoms with Gasteiger partial charge < -0.3 is 14.7 Å². The first-order valence-corrected chi connectivity index (χ1v) is 6.97. The Morgan fingerprint density at radius 3 is 2.45 bits per heavy atom. The maximum absolute atomic E-state index is 9.83. The number of aromatic nitrogens is 2. The highest BCUT2D eigenvalue weighted by Gasteiger charge is 2.22. The van der Waals surface area contributed by atoms with E-state index in [4.69, 9.17) is 16.3 Å². The minimum absolute atomic E-state index is 0.182. The van der Waals surface area contributed by atoms with Gasteiger partial charge in [0, 0.05) is 31.7 Å². The summed E-state index contributed by atoms with van der Waals surface area (Å²) in [5, 5.41) is 10.3. The number of ether oxygens (including phenoxy) is 1. The molecule has 0 saturated heterocycles. The van der Waals surface area contributed by atoms with Crippen LogP contribution in [0.4, 0.5) is 5.82 Å². The van der Waals surface area contributed by atoms with Crippen molar-refractivity contribution < 1.29 is 9.84 Å². The van der Waals surface area contributed by atoms with E-state index in [1.54, 1.807) is 7.11 Å². The van der Waals surface area contributed by atoms with Crippen LogP contribution in [0.1, 0.15) is 32.2 Å². The second-order valence-corrected chi connectivity index (χ2v) is 6.38. The lowest BCUT2D eigenvalue weighted by molar-refractivity contribution is 0.0694. The highest BCUT2D eigenvalue weighted by molar-refractivity contribution is 6.30. The van der Waals surface area contributed by atoms with Crippen molar-refractivity contribution in [3.8, 4) is 0 Å². The normalized spacial score (nSPS) is 13.4. The van der Waals surface area contributed by atoms with Crippen LogP contribution >= 0.6 is 11.6 Å². The summed E-state index contributed by atoms with van der Waals surface area (Å²) < 4.78 is 4.94. The number of rotatable bonds is 5. The molecule has 1 aromatic heterocycles. The number of nitrogens with zero attached hydrogens (tertiary/aromatic N) is 3. The lowest BCUT2D eigenvalue weighted by Crippen LogP contribution is -2.33. The Morgan fingerprint density at radius 2 is 1.95 bits per heavy atom. The van der Waals surface area contributed by atoms with Crippen molar-refractivity contribution in [1.29, 1.82) is 0 Å². The molecule has 1 unspecified atom stereocenters. The van der Waals surface area contributed by atoms with E-state index in [0.717, 1.165) is 11.4 Å². The lowest BCUT2D eigenvalue weighted by Gasteiger charge is -2.26. The maximum atomic E-state index is 9.83. The highest BCUT2D eigenvalue weighted by Crippen LogP contribution is 2.27. The van der Waals surface area contributed by atoms with E-state index < -0.39 is 6.10 Å². The van der Waals surface area contributed by atoms with Crippen LogP contribution in [0, 0.1) is 6.92 Å². The van der Waals surface area contributed by atoms with E-state index in [2.05, 4.69) is 9.97 Å². The van der Waals surface area contributed by atoms with Crippen LogP contribution in [0.2, 0.25) is 5.15 Å². The van der Waals surface area contributed by atoms with Gasteiger partial charge in [-0.15, -0.1) is 0 Å². The fourth-order valence-corrected chi connectivity index (χ4v) is 2.00. The summed E-state index contributed by atoms with van der Waals surface area (Å²) in [5.74, 6) is 1.43. The van der Waals surface area contributed by atoms with E-state index in [1.807, 2.05) is 39.6 Å². The lowest BCUT2D eigenvalue weighted by atomic mass is 9.95. The molecule has 1 atom stereocenters. The van der Waals surface area contributed by atoms with Crippen molar-refractivity contribution in [2.45, 2.75) is 39.2 Å². The van der Waals surface area contributed by atoms with Crippen LogP contribution in [-0.4, -0.2) is 48.5 Å². The molecule has 0 aliphatic heterocycles. The summed E-state index contributed by atoms with van der Waals surface area (Å²) in [7, 11) is 3.44. The van der Waals surface area contributed by atoms with Crippen molar-refractivity contribution in [1.82, 2.24) is 9.97 Å². The number of aliphatic hydroxyl groups is 1. The van der Waals surface area contributed by atoms with Crippen LogP contribution in [0.3, 0.4) is 0 Å². The molecule has 5 nitrogen and oxygen atoms in total. The van der Waals surface area contributed by atoms with Gasteiger partial charge in [-0.1, -0.05) is 32.4 Å². The Bertz CT molecular complexity index is 460. The number of likely N-dealkylation sites (N-methyl/N-ethyl adjacent to an activating group) is 1. The molecular weight excluding hydrogens is 278 g/mol. The van der Waals surface area contributed by atoms with E-state index in [-0.39, 0.29) is 12.0 Å². The largest absolute Gasteiger partial charge is 0.389 e. The number of methoxy groups -OCH3 is 1. The quantitative estimate of drug-likeness (QED) is 0.845. The van der Waals surface area contributed by atoms with Crippen molar-refractivity contribution >= 4 is 17.4 Å². The summed E-state index contributed by atoms with van der Waals surface area (Å²) in [6.07, 6.45) is -0.573. The smallest absolute Gasteiger partial charge is 0.137 e. The van der Waals surface area contributed by atoms with Gasteiger partial charge in [0.05, 0.1) is 12.7 Å². The van der Waals surface area contributed by atoms with E-state index in [1.165, 1.54) is 0 Å². The molecule has 1 rings (SSSR count). The molecule has 0 aliphatic carbocycles. The van der Waals surface area contributed by atoms with Gasteiger partial charge >= 0.3 is 0 Å². The fourth-order valence-electron chi connectivity index (χ4n) is 1.83. The molecule has 0 fully saturated rings. The molecule has 0 aliphatic rings. The third-order valence-electron chi connectivity index (χ3n) is 2.94. The predicted octanol–water partition coefficient (Wildman–Crippen LogP) is 2.18. The van der Waals surface area contributed by atoms with Gasteiger partial charge in [0.1, 0.15) is 16.8 Å². The third kappa shape index (κ3) is 4.30. The van der Waals surface area contributed by atoms with Gasteiger partial charge in [-0.05, 0) is 6.92 Å². The number of hydrogen-bond donors (Lipinski definition) is 1. The molecule has 0 radical (unpaired) electrons. The first-order valence-electron chi connectivity index (χ1n) is 6.59. The van der Waals surface area contributed by atoms with Crippen molar-refractivity contribution in [3.05, 3.63) is 16.5 Å². The standard InChI is InChI=1S/C14H24ClN3O2/c1-9-11(15)16-13(14(2,3)4)17-12(9)18(5)7-10(19)8-20-6/h10,19H,7-8H2,1-6H3. The Morgan fingerprint density at radius 1 is 1.35 bits per heavy atom. The van der Waals surface area contributed by atoms with E-state index in [9.17, 15) is 5.11 Å². The van der Waals surface area contributed by atoms with Gasteiger partial charge in [0.25, 0.3) is 0 Å². The van der Waals surface area contributed by atoms with Crippen molar-refractivity contribution in [2.75, 3.05) is 32.2 Å². The average Bonchev–Trinajstić information content (AvgIpc) is 2.31. The van der Waals surface area contributed by atoms with Crippen LogP contribution < -0.4 is 4.90 Å². The molecule has 1 aromatic rings. The summed E-state index contributed by atoms with van der Waals surface area (Å²) in [5.41, 5.74) is 0.629. The minimum Gasteiger partial charge on any atom is -0.389 e. The topological polar surface area (TPSA) is 58.5 Å². The molecule has 0 bridgehead atoms. The molecule has 114 valence electrons. The average molecular weight is 302 g/mol.